The number of rotatable bonds is 22. The van der Waals surface area contributed by atoms with E-state index in [1.54, 1.807) is 0 Å². The number of ether oxygens (including phenoxy) is 11. The van der Waals surface area contributed by atoms with Gasteiger partial charge in [0, 0.05) is 0 Å². The molecule has 4 aliphatic rings. The molecule has 4 heterocycles. The van der Waals surface area contributed by atoms with E-state index < -0.39 is 0 Å². The molecule has 0 aliphatic carbocycles. The van der Waals surface area contributed by atoms with Crippen LogP contribution in [0, 0.1) is 27.7 Å². The van der Waals surface area contributed by atoms with Crippen LogP contribution in [0.25, 0.3) is 22.3 Å². The predicted molar refractivity (Wildman–Crippen MR) is 184 cm³/mol. The van der Waals surface area contributed by atoms with Crippen LogP contribution in [-0.2, 0) is 33.2 Å². The van der Waals surface area contributed by atoms with Gasteiger partial charge in [0.15, 0.2) is 43.4 Å². The first-order valence-electron chi connectivity index (χ1n) is 17.5. The summed E-state index contributed by atoms with van der Waals surface area (Å²) in [6, 6.07) is 12.7. The third-order valence-corrected chi connectivity index (χ3v) is 9.21. The molecule has 270 valence electrons. The highest BCUT2D eigenvalue weighted by Gasteiger charge is 2.25. The van der Waals surface area contributed by atoms with Gasteiger partial charge in [-0.25, -0.2) is 0 Å². The number of aryl methyl sites for hydroxylation is 2. The summed E-state index contributed by atoms with van der Waals surface area (Å²) in [4.78, 5) is 0. The first-order valence-corrected chi connectivity index (χ1v) is 17.5. The van der Waals surface area contributed by atoms with Crippen molar-refractivity contribution < 1.29 is 52.1 Å². The van der Waals surface area contributed by atoms with Crippen molar-refractivity contribution in [3.8, 4) is 45.3 Å². The van der Waals surface area contributed by atoms with Crippen molar-refractivity contribution in [1.29, 1.82) is 0 Å². The Morgan fingerprint density at radius 1 is 0.540 bits per heavy atom. The Morgan fingerprint density at radius 3 is 1.40 bits per heavy atom. The van der Waals surface area contributed by atoms with Gasteiger partial charge in [0.2, 0.25) is 0 Å². The van der Waals surface area contributed by atoms with Crippen LogP contribution in [0.15, 0.2) is 36.4 Å². The van der Waals surface area contributed by atoms with Crippen LogP contribution in [-0.4, -0.2) is 97.6 Å². The first kappa shape index (κ1) is 35.0. The maximum Gasteiger partial charge on any atom is 0.189 e. The zero-order valence-electron chi connectivity index (χ0n) is 29.5. The Hall–Kier alpha value is -3.42. The minimum Gasteiger partial charge on any atom is -0.489 e. The average molecular weight is 693 g/mol. The zero-order chi connectivity index (χ0) is 34.5. The molecule has 50 heavy (non-hydrogen) atoms. The second kappa shape index (κ2) is 16.3. The minimum atomic E-state index is 0.0879. The molecule has 11 heteroatoms. The van der Waals surface area contributed by atoms with E-state index in [-0.39, 0.29) is 38.7 Å². The molecule has 0 spiro atoms. The first-order chi connectivity index (χ1) is 24.4. The molecule has 0 N–H and O–H groups in total. The van der Waals surface area contributed by atoms with Crippen LogP contribution < -0.4 is 18.9 Å². The van der Waals surface area contributed by atoms with Crippen LogP contribution in [0.1, 0.15) is 35.1 Å². The van der Waals surface area contributed by atoms with Gasteiger partial charge in [0.25, 0.3) is 0 Å². The molecule has 11 nitrogen and oxygen atoms in total. The molecule has 0 bridgehead atoms. The molecule has 0 radical (unpaired) electrons. The van der Waals surface area contributed by atoms with Crippen LogP contribution in [0.5, 0.6) is 23.0 Å². The van der Waals surface area contributed by atoms with Gasteiger partial charge in [0.05, 0.1) is 59.0 Å². The Labute approximate surface area is 293 Å². The van der Waals surface area contributed by atoms with Crippen molar-refractivity contribution >= 4 is 0 Å². The number of epoxide rings is 4. The van der Waals surface area contributed by atoms with Gasteiger partial charge in [-0.2, -0.15) is 0 Å². The molecule has 4 atom stereocenters. The summed E-state index contributed by atoms with van der Waals surface area (Å²) in [5.41, 5.74) is 8.54. The molecule has 3 aromatic carbocycles. The highest BCUT2D eigenvalue weighted by molar-refractivity contribution is 5.80. The molecule has 0 aromatic heterocycles. The fourth-order valence-corrected chi connectivity index (χ4v) is 5.89. The van der Waals surface area contributed by atoms with E-state index in [0.717, 1.165) is 89.5 Å². The van der Waals surface area contributed by atoms with Gasteiger partial charge < -0.3 is 52.1 Å². The fraction of sp³-hybridized carbons (Fsp3) is 0.538. The SMILES string of the molecule is Cc1cc(-c2ccc(-c3cc(C)c(OCOCC4CO4)c(OCOCC4CO4)c3)c(C)c2C)cc(OCOCC2CO2)c1OCCCC1CO1. The number of hydrogen-bond donors (Lipinski definition) is 0. The maximum atomic E-state index is 6.27. The zero-order valence-corrected chi connectivity index (χ0v) is 29.5. The molecular formula is C39H48O11. The summed E-state index contributed by atoms with van der Waals surface area (Å²) in [5.74, 6) is 2.63. The summed E-state index contributed by atoms with van der Waals surface area (Å²) in [7, 11) is 0. The van der Waals surface area contributed by atoms with E-state index in [9.17, 15) is 0 Å². The third kappa shape index (κ3) is 9.67. The molecule has 4 unspecified atom stereocenters. The minimum absolute atomic E-state index is 0.0879. The second-order valence-electron chi connectivity index (χ2n) is 13.4. The van der Waals surface area contributed by atoms with Crippen molar-refractivity contribution in [2.75, 3.05) is 73.2 Å². The average Bonchev–Trinajstić information content (AvgIpc) is 3.91. The second-order valence-corrected chi connectivity index (χ2v) is 13.4. The maximum absolute atomic E-state index is 6.27. The van der Waals surface area contributed by atoms with Gasteiger partial charge in [-0.05, 0) is 109 Å². The lowest BCUT2D eigenvalue weighted by atomic mass is 9.89. The van der Waals surface area contributed by atoms with Crippen molar-refractivity contribution in [3.63, 3.8) is 0 Å². The van der Waals surface area contributed by atoms with Gasteiger partial charge in [-0.15, -0.1) is 0 Å². The Bertz CT molecular complexity index is 1490. The molecule has 4 aliphatic heterocycles. The third-order valence-electron chi connectivity index (χ3n) is 9.21. The monoisotopic (exact) mass is 692 g/mol. The van der Waals surface area contributed by atoms with E-state index in [4.69, 9.17) is 52.1 Å². The van der Waals surface area contributed by atoms with Crippen LogP contribution in [0.3, 0.4) is 0 Å². The van der Waals surface area contributed by atoms with E-state index >= 15 is 0 Å². The lowest BCUT2D eigenvalue weighted by Gasteiger charge is -2.20. The molecule has 0 amide bonds. The van der Waals surface area contributed by atoms with E-state index in [0.29, 0.717) is 49.8 Å². The summed E-state index contributed by atoms with van der Waals surface area (Å²) < 4.78 is 62.8. The predicted octanol–water partition coefficient (Wildman–Crippen LogP) is 6.07. The summed E-state index contributed by atoms with van der Waals surface area (Å²) in [6.45, 7) is 13.9. The molecule has 3 aromatic rings. The highest BCUT2D eigenvalue weighted by atomic mass is 16.7. The Kier molecular flexibility index (Phi) is 11.4. The summed E-state index contributed by atoms with van der Waals surface area (Å²) in [6.07, 6.45) is 2.80. The highest BCUT2D eigenvalue weighted by Crippen LogP contribution is 2.42. The smallest absolute Gasteiger partial charge is 0.189 e. The fourth-order valence-electron chi connectivity index (χ4n) is 5.89. The van der Waals surface area contributed by atoms with Crippen LogP contribution in [0.2, 0.25) is 0 Å². The van der Waals surface area contributed by atoms with E-state index in [1.807, 2.05) is 13.0 Å². The van der Waals surface area contributed by atoms with Gasteiger partial charge >= 0.3 is 0 Å². The van der Waals surface area contributed by atoms with Crippen LogP contribution >= 0.6 is 0 Å². The van der Waals surface area contributed by atoms with Crippen molar-refractivity contribution in [1.82, 2.24) is 0 Å². The van der Waals surface area contributed by atoms with Crippen molar-refractivity contribution in [2.45, 2.75) is 65.0 Å². The number of hydrogen-bond acceptors (Lipinski definition) is 11. The topological polar surface area (TPSA) is 115 Å². The lowest BCUT2D eigenvalue weighted by Crippen LogP contribution is -2.11. The standard InChI is InChI=1S/C39H48O11/c1-24-10-28(12-36(48-21-40-14-31-18-45-31)38(24)43-9-5-6-30-17-44-30)34-7-8-35(27(4)26(34)3)29-11-25(2)39(50-23-42-16-33-20-47-33)37(13-29)49-22-41-15-32-19-46-32/h7-8,10-13,30-33H,5-6,9,14-23H2,1-4H3. The molecule has 0 saturated carbocycles. The van der Waals surface area contributed by atoms with E-state index in [2.05, 4.69) is 51.1 Å². The summed E-state index contributed by atoms with van der Waals surface area (Å²) >= 11 is 0. The largest absolute Gasteiger partial charge is 0.489 e. The van der Waals surface area contributed by atoms with E-state index in [1.165, 1.54) is 0 Å². The summed E-state index contributed by atoms with van der Waals surface area (Å²) in [5, 5.41) is 0. The quantitative estimate of drug-likeness (QED) is 0.0695. The van der Waals surface area contributed by atoms with Gasteiger partial charge in [-0.1, -0.05) is 12.1 Å². The van der Waals surface area contributed by atoms with Gasteiger partial charge in [0.1, 0.15) is 18.3 Å². The van der Waals surface area contributed by atoms with Crippen LogP contribution in [0.4, 0.5) is 0 Å². The Balaban J connectivity index is 1.11. The van der Waals surface area contributed by atoms with Crippen molar-refractivity contribution in [2.24, 2.45) is 0 Å². The van der Waals surface area contributed by atoms with Gasteiger partial charge in [-0.3, -0.25) is 0 Å². The molecular weight excluding hydrogens is 644 g/mol. The lowest BCUT2D eigenvalue weighted by molar-refractivity contribution is -0.00669. The Morgan fingerprint density at radius 2 is 0.960 bits per heavy atom. The van der Waals surface area contributed by atoms with Crippen molar-refractivity contribution in [3.05, 3.63) is 58.7 Å². The molecule has 7 rings (SSSR count). The molecule has 4 saturated heterocycles. The normalized spacial score (nSPS) is 21.5. The molecule has 4 fully saturated rings. The number of benzene rings is 3.